The van der Waals surface area contributed by atoms with Crippen LogP contribution in [0.1, 0.15) is 63.3 Å². The van der Waals surface area contributed by atoms with Crippen molar-refractivity contribution in [1.82, 2.24) is 4.57 Å². The molecule has 2 nitrogen and oxygen atoms in total. The van der Waals surface area contributed by atoms with E-state index in [1.165, 1.54) is 105 Å². The van der Waals surface area contributed by atoms with Crippen molar-refractivity contribution in [1.29, 1.82) is 0 Å². The minimum atomic E-state index is -0.285. The highest BCUT2D eigenvalue weighted by Gasteiger charge is 2.43. The molecule has 1 atom stereocenters. The number of fused-ring (bicyclic) bond motifs is 9. The lowest BCUT2D eigenvalue weighted by Crippen LogP contribution is -2.17. The normalized spacial score (nSPS) is 16.0. The van der Waals surface area contributed by atoms with Gasteiger partial charge in [-0.1, -0.05) is 192 Å². The van der Waals surface area contributed by atoms with Gasteiger partial charge in [-0.05, 0) is 151 Å². The largest absolute Gasteiger partial charge is 0.310 e. The maximum atomic E-state index is 2.56. The van der Waals surface area contributed by atoms with E-state index in [2.05, 4.69) is 263 Å². The molecule has 0 saturated carbocycles. The summed E-state index contributed by atoms with van der Waals surface area (Å²) >= 11 is 0. The molecule has 0 saturated heterocycles. The van der Waals surface area contributed by atoms with Crippen LogP contribution in [-0.2, 0) is 10.8 Å². The zero-order chi connectivity index (χ0) is 46.6. The molecule has 1 unspecified atom stereocenters. The summed E-state index contributed by atoms with van der Waals surface area (Å²) in [6.07, 6.45) is 8.11. The van der Waals surface area contributed by atoms with Crippen molar-refractivity contribution in [3.8, 4) is 55.6 Å². The van der Waals surface area contributed by atoms with E-state index in [1.807, 2.05) is 0 Å². The van der Waals surface area contributed by atoms with Gasteiger partial charge in [0.15, 0.2) is 0 Å². The standard InChI is InChI=1S/C67H54N2/c1-43-24-32-50(33-25-43)69-63-23-15-13-21-54(63)55-37-36-51(40-64(55)69)68(49-34-30-47(31-35-49)45-18-10-7-11-19-45)52-38-56(48-28-26-46(27-29-48)44-16-8-6-9-17-44)65-58-42-60-57(41-61(58)67(4,5)62(65)39-52)53-20-12-14-22-59(53)66(60,2)3/h6-24,26-43H,25H2,1-5H3. The van der Waals surface area contributed by atoms with Crippen LogP contribution in [0.15, 0.2) is 218 Å². The summed E-state index contributed by atoms with van der Waals surface area (Å²) in [4.78, 5) is 2.50. The first-order valence-electron chi connectivity index (χ1n) is 24.6. The van der Waals surface area contributed by atoms with Gasteiger partial charge in [0.25, 0.3) is 0 Å². The molecule has 9 aromatic carbocycles. The van der Waals surface area contributed by atoms with Gasteiger partial charge < -0.3 is 9.47 Å². The van der Waals surface area contributed by atoms with Crippen molar-refractivity contribution in [2.75, 3.05) is 4.90 Å². The number of hydrogen-bond acceptors (Lipinski definition) is 1. The second-order valence-electron chi connectivity index (χ2n) is 20.6. The van der Waals surface area contributed by atoms with Crippen molar-refractivity contribution in [3.05, 3.63) is 241 Å². The van der Waals surface area contributed by atoms with Crippen LogP contribution in [0.2, 0.25) is 0 Å². The van der Waals surface area contributed by atoms with Gasteiger partial charge in [0.2, 0.25) is 0 Å². The summed E-state index contributed by atoms with van der Waals surface area (Å²) < 4.78 is 2.48. The number of rotatable bonds is 7. The number of anilines is 3. The van der Waals surface area contributed by atoms with Gasteiger partial charge in [0.05, 0.1) is 11.0 Å². The highest BCUT2D eigenvalue weighted by Crippen LogP contribution is 2.59. The second kappa shape index (κ2) is 15.6. The van der Waals surface area contributed by atoms with Gasteiger partial charge in [-0.3, -0.25) is 0 Å². The van der Waals surface area contributed by atoms with Gasteiger partial charge in [-0.15, -0.1) is 0 Å². The molecule has 0 fully saturated rings. The molecule has 3 aliphatic carbocycles. The molecular weight excluding hydrogens is 833 g/mol. The Labute approximate surface area is 406 Å². The third-order valence-electron chi connectivity index (χ3n) is 15.7. The molecule has 0 N–H and O–H groups in total. The van der Waals surface area contributed by atoms with Gasteiger partial charge in [0.1, 0.15) is 0 Å². The number of hydrogen-bond donors (Lipinski definition) is 0. The van der Waals surface area contributed by atoms with Crippen LogP contribution in [0.4, 0.5) is 17.1 Å². The minimum absolute atomic E-state index is 0.114. The Kier molecular flexibility index (Phi) is 9.30. The van der Waals surface area contributed by atoms with E-state index in [1.54, 1.807) is 0 Å². The molecule has 69 heavy (non-hydrogen) atoms. The molecule has 332 valence electrons. The highest BCUT2D eigenvalue weighted by molar-refractivity contribution is 6.12. The van der Waals surface area contributed by atoms with E-state index in [4.69, 9.17) is 0 Å². The van der Waals surface area contributed by atoms with E-state index in [-0.39, 0.29) is 10.8 Å². The lowest BCUT2D eigenvalue weighted by atomic mass is 9.79. The number of allylic oxidation sites excluding steroid dienone is 4. The van der Waals surface area contributed by atoms with Crippen LogP contribution in [-0.4, -0.2) is 4.57 Å². The Balaban J connectivity index is 1.06. The van der Waals surface area contributed by atoms with E-state index >= 15 is 0 Å². The fraction of sp³-hybridized carbons (Fsp3) is 0.134. The second-order valence-corrected chi connectivity index (χ2v) is 20.6. The number of nitrogens with zero attached hydrogens (tertiary/aromatic N) is 2. The fourth-order valence-electron chi connectivity index (χ4n) is 12.0. The molecule has 0 radical (unpaired) electrons. The number of para-hydroxylation sites is 1. The number of aromatic nitrogens is 1. The summed E-state index contributed by atoms with van der Waals surface area (Å²) in [5, 5.41) is 2.52. The molecule has 0 aliphatic heterocycles. The first kappa shape index (κ1) is 41.3. The van der Waals surface area contributed by atoms with Crippen LogP contribution in [0, 0.1) is 5.92 Å². The quantitative estimate of drug-likeness (QED) is 0.155. The third-order valence-corrected chi connectivity index (χ3v) is 15.7. The van der Waals surface area contributed by atoms with Crippen molar-refractivity contribution in [2.24, 2.45) is 5.92 Å². The third kappa shape index (κ3) is 6.46. The predicted octanol–water partition coefficient (Wildman–Crippen LogP) is 18.3. The first-order valence-corrected chi connectivity index (χ1v) is 24.6. The maximum Gasteiger partial charge on any atom is 0.0561 e. The molecule has 13 rings (SSSR count). The molecule has 0 amide bonds. The molecule has 0 bridgehead atoms. The molecule has 3 aliphatic rings. The highest BCUT2D eigenvalue weighted by atomic mass is 15.1. The Bertz CT molecular complexity index is 3730. The predicted molar refractivity (Wildman–Crippen MR) is 293 cm³/mol. The molecule has 10 aromatic rings. The topological polar surface area (TPSA) is 8.17 Å². The summed E-state index contributed by atoms with van der Waals surface area (Å²) in [5.41, 5.74) is 24.9. The van der Waals surface area contributed by atoms with Gasteiger partial charge >= 0.3 is 0 Å². The Morgan fingerprint density at radius 1 is 0.420 bits per heavy atom. The number of benzene rings is 9. The maximum absolute atomic E-state index is 2.56. The zero-order valence-electron chi connectivity index (χ0n) is 40.0. The Hall–Kier alpha value is -7.94. The van der Waals surface area contributed by atoms with Crippen LogP contribution < -0.4 is 4.90 Å². The zero-order valence-corrected chi connectivity index (χ0v) is 40.0. The lowest BCUT2D eigenvalue weighted by molar-refractivity contribution is 0.652. The minimum Gasteiger partial charge on any atom is -0.310 e. The van der Waals surface area contributed by atoms with Crippen LogP contribution >= 0.6 is 0 Å². The van der Waals surface area contributed by atoms with E-state index in [9.17, 15) is 0 Å². The molecule has 0 spiro atoms. The monoisotopic (exact) mass is 886 g/mol. The van der Waals surface area contributed by atoms with E-state index in [0.717, 1.165) is 23.5 Å². The average molecular weight is 887 g/mol. The van der Waals surface area contributed by atoms with Crippen molar-refractivity contribution < 1.29 is 0 Å². The molecule has 2 heteroatoms. The summed E-state index contributed by atoms with van der Waals surface area (Å²) in [7, 11) is 0. The summed E-state index contributed by atoms with van der Waals surface area (Å²) in [6, 6.07) is 75.0. The van der Waals surface area contributed by atoms with Crippen LogP contribution in [0.3, 0.4) is 0 Å². The Morgan fingerprint density at radius 3 is 1.70 bits per heavy atom. The summed E-state index contributed by atoms with van der Waals surface area (Å²) in [6.45, 7) is 12.0. The molecule has 1 aromatic heterocycles. The van der Waals surface area contributed by atoms with Crippen LogP contribution in [0.5, 0.6) is 0 Å². The smallest absolute Gasteiger partial charge is 0.0561 e. The molecule has 1 heterocycles. The van der Waals surface area contributed by atoms with E-state index < -0.39 is 0 Å². The van der Waals surface area contributed by atoms with Crippen molar-refractivity contribution in [3.63, 3.8) is 0 Å². The van der Waals surface area contributed by atoms with Gasteiger partial charge in [-0.2, -0.15) is 0 Å². The fourth-order valence-corrected chi connectivity index (χ4v) is 12.0. The first-order chi connectivity index (χ1) is 33.6. The van der Waals surface area contributed by atoms with Gasteiger partial charge in [-0.25, -0.2) is 0 Å². The Morgan fingerprint density at radius 2 is 0.986 bits per heavy atom. The van der Waals surface area contributed by atoms with Gasteiger partial charge in [0, 0.05) is 44.4 Å². The lowest BCUT2D eigenvalue weighted by Gasteiger charge is -2.29. The van der Waals surface area contributed by atoms with Crippen LogP contribution in [0.25, 0.3) is 83.1 Å². The molecular formula is C67H54N2. The van der Waals surface area contributed by atoms with Crippen molar-refractivity contribution >= 4 is 44.6 Å². The van der Waals surface area contributed by atoms with E-state index in [0.29, 0.717) is 5.92 Å². The van der Waals surface area contributed by atoms with Crippen molar-refractivity contribution in [2.45, 2.75) is 51.9 Å². The average Bonchev–Trinajstić information content (AvgIpc) is 3.93. The SMILES string of the molecule is CC1C=CC(n2c3ccccc3c3ccc(N(c4ccc(-c5ccccc5)cc4)c4cc(-c5ccc(-c6ccccc6)cc5)c5c(c4)C(C)(C)c4cc6c(cc4-5)C(C)(C)c4ccccc4-6)cc32)=CC1. The summed E-state index contributed by atoms with van der Waals surface area (Å²) in [5.74, 6) is 0.522.